The average Bonchev–Trinajstić information content (AvgIpc) is 3.08. The van der Waals surface area contributed by atoms with Crippen molar-refractivity contribution in [3.05, 3.63) is 61.7 Å². The Hall–Kier alpha value is -2.86. The average molecular weight is 392 g/mol. The third kappa shape index (κ3) is 2.52. The third-order valence-electron chi connectivity index (χ3n) is 6.31. The molecule has 0 atom stereocenters. The van der Waals surface area contributed by atoms with Gasteiger partial charge in [-0.05, 0) is 54.5 Å². The van der Waals surface area contributed by atoms with Crippen molar-refractivity contribution in [1.82, 2.24) is 9.55 Å². The smallest absolute Gasteiger partial charge is 0.257 e. The van der Waals surface area contributed by atoms with Gasteiger partial charge in [-0.25, -0.2) is 9.37 Å². The Morgan fingerprint density at radius 3 is 2.79 bits per heavy atom. The second-order valence-corrected chi connectivity index (χ2v) is 7.86. The van der Waals surface area contributed by atoms with Crippen molar-refractivity contribution in [1.29, 1.82) is 0 Å². The summed E-state index contributed by atoms with van der Waals surface area (Å²) in [6.07, 6.45) is 3.65. The first-order chi connectivity index (χ1) is 14.0. The molecule has 0 saturated carbocycles. The van der Waals surface area contributed by atoms with Crippen molar-refractivity contribution in [2.45, 2.75) is 45.8 Å². The Morgan fingerprint density at radius 1 is 1.24 bits per heavy atom. The fraction of sp³-hybridized carbons (Fsp3) is 0.348. The van der Waals surface area contributed by atoms with E-state index in [1.807, 2.05) is 13.0 Å². The maximum atomic E-state index is 14.5. The van der Waals surface area contributed by atoms with Crippen molar-refractivity contribution in [3.63, 3.8) is 0 Å². The van der Waals surface area contributed by atoms with Crippen LogP contribution in [-0.4, -0.2) is 22.9 Å². The molecular formula is C23H21FN2O3. The summed E-state index contributed by atoms with van der Waals surface area (Å²) in [5.74, 6) is -0.236. The number of hydrogen-bond donors (Lipinski definition) is 0. The highest BCUT2D eigenvalue weighted by molar-refractivity contribution is 5.92. The minimum absolute atomic E-state index is 0.145. The molecule has 0 radical (unpaired) electrons. The molecule has 29 heavy (non-hydrogen) atoms. The number of carbonyl (C=O) groups is 1. The Bertz CT molecular complexity index is 1260. The van der Waals surface area contributed by atoms with Gasteiger partial charge in [-0.1, -0.05) is 0 Å². The Morgan fingerprint density at radius 2 is 2.03 bits per heavy atom. The molecule has 3 aromatic rings. The molecule has 0 amide bonds. The van der Waals surface area contributed by atoms with Crippen LogP contribution in [0.2, 0.25) is 0 Å². The Kier molecular flexibility index (Phi) is 4.13. The SMILES string of the molecule is COCc1c(CC=O)cc2n(c1=O)Cc1c-2nc2cc(F)c(C)c3c2c1CCC3. The zero-order chi connectivity index (χ0) is 20.3. The van der Waals surface area contributed by atoms with Crippen LogP contribution >= 0.6 is 0 Å². The summed E-state index contributed by atoms with van der Waals surface area (Å²) in [7, 11) is 1.54. The predicted molar refractivity (Wildman–Crippen MR) is 108 cm³/mol. The number of pyridine rings is 2. The molecule has 0 N–H and O–H groups in total. The third-order valence-corrected chi connectivity index (χ3v) is 6.31. The molecule has 148 valence electrons. The number of aryl methyl sites for hydroxylation is 2. The summed E-state index contributed by atoms with van der Waals surface area (Å²) in [6, 6.07) is 3.38. The summed E-state index contributed by atoms with van der Waals surface area (Å²) in [5.41, 5.74) is 7.09. The van der Waals surface area contributed by atoms with E-state index in [-0.39, 0.29) is 24.4 Å². The second kappa shape index (κ2) is 6.59. The topological polar surface area (TPSA) is 61.2 Å². The summed E-state index contributed by atoms with van der Waals surface area (Å²) in [6.45, 7) is 2.44. The zero-order valence-corrected chi connectivity index (χ0v) is 16.5. The van der Waals surface area contributed by atoms with E-state index in [2.05, 4.69) is 0 Å². The molecule has 5 rings (SSSR count). The zero-order valence-electron chi connectivity index (χ0n) is 16.5. The molecule has 1 aromatic carbocycles. The fourth-order valence-electron chi connectivity index (χ4n) is 4.93. The van der Waals surface area contributed by atoms with E-state index >= 15 is 0 Å². The molecule has 0 unspecified atom stereocenters. The summed E-state index contributed by atoms with van der Waals surface area (Å²) in [4.78, 5) is 29.1. The number of halogens is 1. The van der Waals surface area contributed by atoms with Crippen LogP contribution in [0.1, 0.15) is 39.8 Å². The van der Waals surface area contributed by atoms with E-state index in [1.54, 1.807) is 4.57 Å². The van der Waals surface area contributed by atoms with Gasteiger partial charge in [-0.3, -0.25) is 4.79 Å². The van der Waals surface area contributed by atoms with Crippen LogP contribution < -0.4 is 5.56 Å². The van der Waals surface area contributed by atoms with Gasteiger partial charge in [-0.2, -0.15) is 0 Å². The number of carbonyl (C=O) groups excluding carboxylic acids is 1. The number of ether oxygens (including phenoxy) is 1. The lowest BCUT2D eigenvalue weighted by Gasteiger charge is -2.21. The van der Waals surface area contributed by atoms with Crippen LogP contribution in [-0.2, 0) is 41.9 Å². The van der Waals surface area contributed by atoms with Crippen LogP contribution in [0.15, 0.2) is 16.9 Å². The van der Waals surface area contributed by atoms with Gasteiger partial charge in [0.25, 0.3) is 5.56 Å². The minimum atomic E-state index is -0.236. The van der Waals surface area contributed by atoms with Gasteiger partial charge in [0.1, 0.15) is 12.1 Å². The number of methoxy groups -OCH3 is 1. The monoisotopic (exact) mass is 392 g/mol. The molecule has 1 aliphatic heterocycles. The van der Waals surface area contributed by atoms with Gasteiger partial charge in [0.05, 0.1) is 30.1 Å². The molecule has 3 heterocycles. The molecule has 0 fully saturated rings. The largest absolute Gasteiger partial charge is 0.380 e. The van der Waals surface area contributed by atoms with E-state index in [4.69, 9.17) is 9.72 Å². The van der Waals surface area contributed by atoms with Gasteiger partial charge >= 0.3 is 0 Å². The molecule has 0 spiro atoms. The Balaban J connectivity index is 1.83. The second-order valence-electron chi connectivity index (χ2n) is 7.86. The molecule has 6 heteroatoms. The number of aromatic nitrogens is 2. The summed E-state index contributed by atoms with van der Waals surface area (Å²) < 4.78 is 21.4. The van der Waals surface area contributed by atoms with E-state index in [9.17, 15) is 14.0 Å². The van der Waals surface area contributed by atoms with Gasteiger partial charge in [0.2, 0.25) is 0 Å². The van der Waals surface area contributed by atoms with Crippen molar-refractivity contribution in [2.24, 2.45) is 0 Å². The first kappa shape index (κ1) is 18.2. The predicted octanol–water partition coefficient (Wildman–Crippen LogP) is 3.25. The van der Waals surface area contributed by atoms with Crippen LogP contribution in [0, 0.1) is 12.7 Å². The highest BCUT2D eigenvalue weighted by Crippen LogP contribution is 2.41. The van der Waals surface area contributed by atoms with Crippen molar-refractivity contribution in [3.8, 4) is 11.4 Å². The number of rotatable bonds is 4. The maximum Gasteiger partial charge on any atom is 0.257 e. The number of hydrogen-bond acceptors (Lipinski definition) is 4. The molecule has 0 saturated heterocycles. The number of fused-ring (bicyclic) bond motifs is 4. The van der Waals surface area contributed by atoms with E-state index in [1.165, 1.54) is 18.7 Å². The van der Waals surface area contributed by atoms with Gasteiger partial charge in [-0.15, -0.1) is 0 Å². The first-order valence-corrected chi connectivity index (χ1v) is 9.87. The normalized spacial score (nSPS) is 14.2. The number of benzene rings is 1. The quantitative estimate of drug-likeness (QED) is 0.500. The highest BCUT2D eigenvalue weighted by Gasteiger charge is 2.30. The van der Waals surface area contributed by atoms with E-state index in [0.29, 0.717) is 34.4 Å². The van der Waals surface area contributed by atoms with Crippen LogP contribution in [0.3, 0.4) is 0 Å². The maximum absolute atomic E-state index is 14.5. The van der Waals surface area contributed by atoms with Crippen molar-refractivity contribution >= 4 is 17.2 Å². The molecular weight excluding hydrogens is 371 g/mol. The lowest BCUT2D eigenvalue weighted by atomic mass is 9.85. The molecule has 2 aliphatic rings. The summed E-state index contributed by atoms with van der Waals surface area (Å²) in [5, 5.41) is 1.06. The van der Waals surface area contributed by atoms with Crippen LogP contribution in [0.5, 0.6) is 0 Å². The standard InChI is InChI=1S/C23H21FN2O3/c1-12-14-4-3-5-15-16-10-26-20(22(16)25-19(21(14)15)9-18(12)24)8-13(6-7-27)17(11-29-2)23(26)28/h7-9H,3-6,10-11H2,1-2H3. The van der Waals surface area contributed by atoms with Crippen molar-refractivity contribution < 1.29 is 13.9 Å². The Labute approximate surface area is 167 Å². The lowest BCUT2D eigenvalue weighted by Crippen LogP contribution is -2.25. The fourth-order valence-corrected chi connectivity index (χ4v) is 4.93. The molecule has 0 bridgehead atoms. The van der Waals surface area contributed by atoms with E-state index < -0.39 is 0 Å². The molecule has 5 nitrogen and oxygen atoms in total. The van der Waals surface area contributed by atoms with Crippen LogP contribution in [0.25, 0.3) is 22.3 Å². The van der Waals surface area contributed by atoms with Crippen molar-refractivity contribution in [2.75, 3.05) is 7.11 Å². The number of nitrogens with zero attached hydrogens (tertiary/aromatic N) is 2. The van der Waals surface area contributed by atoms with Crippen LogP contribution in [0.4, 0.5) is 4.39 Å². The van der Waals surface area contributed by atoms with Gasteiger partial charge in [0.15, 0.2) is 0 Å². The highest BCUT2D eigenvalue weighted by atomic mass is 19.1. The minimum Gasteiger partial charge on any atom is -0.380 e. The summed E-state index contributed by atoms with van der Waals surface area (Å²) >= 11 is 0. The molecule has 2 aromatic heterocycles. The van der Waals surface area contributed by atoms with Gasteiger partial charge < -0.3 is 14.1 Å². The first-order valence-electron chi connectivity index (χ1n) is 9.87. The van der Waals surface area contributed by atoms with Gasteiger partial charge in [0, 0.05) is 36.1 Å². The molecule has 1 aliphatic carbocycles. The number of aldehydes is 1. The lowest BCUT2D eigenvalue weighted by molar-refractivity contribution is -0.107. The van der Waals surface area contributed by atoms with E-state index in [0.717, 1.165) is 47.8 Å².